The molecule has 2 saturated heterocycles. The number of fused-ring (bicyclic) bond motifs is 1. The van der Waals surface area contributed by atoms with Gasteiger partial charge in [0.1, 0.15) is 0 Å². The monoisotopic (exact) mass is 325 g/mol. The zero-order valence-corrected chi connectivity index (χ0v) is 13.2. The van der Waals surface area contributed by atoms with Gasteiger partial charge in [-0.25, -0.2) is 12.7 Å². The summed E-state index contributed by atoms with van der Waals surface area (Å²) in [5, 5.41) is 1.88. The van der Waals surface area contributed by atoms with E-state index in [9.17, 15) is 8.42 Å². The molecule has 4 rings (SSSR count). The number of aromatic nitrogens is 1. The summed E-state index contributed by atoms with van der Waals surface area (Å²) in [6.07, 6.45) is 3.19. The third-order valence-electron chi connectivity index (χ3n) is 4.50. The average Bonchev–Trinajstić information content (AvgIpc) is 2.70. The lowest BCUT2D eigenvalue weighted by Gasteiger charge is -2.60. The fraction of sp³-hybridized carbons (Fsp3) is 0.429. The van der Waals surface area contributed by atoms with E-state index in [0.717, 1.165) is 29.7 Å². The highest BCUT2D eigenvalue weighted by molar-refractivity contribution is 7.88. The van der Waals surface area contributed by atoms with Crippen molar-refractivity contribution in [3.63, 3.8) is 0 Å². The minimum atomic E-state index is -3.04. The van der Waals surface area contributed by atoms with Crippen LogP contribution in [0.4, 0.5) is 5.69 Å². The first kappa shape index (κ1) is 13.4. The SMILES string of the molecule is CS(=O)(=O)N1CC2(CN(c3cc(Cl)cc4[nH]ccc34)C2)C1. The fourth-order valence-electron chi connectivity index (χ4n) is 3.44. The van der Waals surface area contributed by atoms with Crippen molar-refractivity contribution in [3.8, 4) is 0 Å². The molecule has 21 heavy (non-hydrogen) atoms. The number of anilines is 1. The van der Waals surface area contributed by atoms with Crippen molar-refractivity contribution in [1.82, 2.24) is 9.29 Å². The zero-order chi connectivity index (χ0) is 14.8. The second-order valence-corrected chi connectivity index (χ2v) is 8.67. The first-order valence-corrected chi connectivity index (χ1v) is 9.06. The maximum absolute atomic E-state index is 11.5. The molecule has 0 aliphatic carbocycles. The van der Waals surface area contributed by atoms with E-state index < -0.39 is 10.0 Å². The van der Waals surface area contributed by atoms with Crippen LogP contribution in [0.25, 0.3) is 10.9 Å². The van der Waals surface area contributed by atoms with Gasteiger partial charge in [0.2, 0.25) is 10.0 Å². The molecule has 1 aromatic heterocycles. The zero-order valence-electron chi connectivity index (χ0n) is 11.6. The molecule has 0 atom stereocenters. The third kappa shape index (κ3) is 2.05. The summed E-state index contributed by atoms with van der Waals surface area (Å²) in [5.41, 5.74) is 2.29. The van der Waals surface area contributed by atoms with Crippen LogP contribution >= 0.6 is 11.6 Å². The van der Waals surface area contributed by atoms with Gasteiger partial charge in [0, 0.05) is 59.4 Å². The number of sulfonamides is 1. The van der Waals surface area contributed by atoms with Gasteiger partial charge in [-0.1, -0.05) is 11.6 Å². The van der Waals surface area contributed by atoms with Gasteiger partial charge in [-0.15, -0.1) is 0 Å². The van der Waals surface area contributed by atoms with Crippen molar-refractivity contribution in [2.24, 2.45) is 5.41 Å². The molecule has 2 aliphatic rings. The number of hydrogen-bond acceptors (Lipinski definition) is 3. The summed E-state index contributed by atoms with van der Waals surface area (Å²) in [6.45, 7) is 3.05. The molecule has 0 bridgehead atoms. The summed E-state index contributed by atoms with van der Waals surface area (Å²) < 4.78 is 24.5. The molecule has 2 aromatic rings. The van der Waals surface area contributed by atoms with Crippen LogP contribution in [0.3, 0.4) is 0 Å². The summed E-state index contributed by atoms with van der Waals surface area (Å²) >= 11 is 6.17. The van der Waals surface area contributed by atoms with E-state index in [0.29, 0.717) is 18.1 Å². The lowest BCUT2D eigenvalue weighted by atomic mass is 9.74. The van der Waals surface area contributed by atoms with E-state index in [1.165, 1.54) is 6.26 Å². The number of rotatable bonds is 2. The molecule has 2 aliphatic heterocycles. The highest BCUT2D eigenvalue weighted by Crippen LogP contribution is 2.44. The van der Waals surface area contributed by atoms with Gasteiger partial charge in [0.15, 0.2) is 0 Å². The molecule has 1 aromatic carbocycles. The van der Waals surface area contributed by atoms with Crippen LogP contribution in [0.1, 0.15) is 0 Å². The van der Waals surface area contributed by atoms with E-state index in [1.807, 2.05) is 18.3 Å². The Balaban J connectivity index is 1.55. The second-order valence-electron chi connectivity index (χ2n) is 6.25. The molecule has 2 fully saturated rings. The Morgan fingerprint density at radius 2 is 1.95 bits per heavy atom. The Kier molecular flexibility index (Phi) is 2.65. The van der Waals surface area contributed by atoms with Gasteiger partial charge in [-0.2, -0.15) is 0 Å². The van der Waals surface area contributed by atoms with Crippen molar-refractivity contribution in [3.05, 3.63) is 29.4 Å². The van der Waals surface area contributed by atoms with Crippen molar-refractivity contribution >= 4 is 38.2 Å². The lowest BCUT2D eigenvalue weighted by molar-refractivity contribution is 0.0402. The van der Waals surface area contributed by atoms with Crippen LogP contribution < -0.4 is 4.90 Å². The number of nitrogens with one attached hydrogen (secondary N) is 1. The highest BCUT2D eigenvalue weighted by Gasteiger charge is 2.54. The normalized spacial score (nSPS) is 21.5. The highest BCUT2D eigenvalue weighted by atomic mass is 35.5. The van der Waals surface area contributed by atoms with E-state index in [1.54, 1.807) is 4.31 Å². The van der Waals surface area contributed by atoms with Crippen molar-refractivity contribution in [1.29, 1.82) is 0 Å². The molecule has 3 heterocycles. The smallest absolute Gasteiger partial charge is 0.211 e. The van der Waals surface area contributed by atoms with Gasteiger partial charge in [0.05, 0.1) is 6.26 Å². The first-order valence-electron chi connectivity index (χ1n) is 6.83. The standard InChI is InChI=1S/C14H16ClN3O2S/c1-21(19,20)18-8-14(9-18)6-17(7-14)13-5-10(15)4-12-11(13)2-3-16-12/h2-5,16H,6-9H2,1H3. The van der Waals surface area contributed by atoms with Gasteiger partial charge in [-0.05, 0) is 18.2 Å². The Bertz CT molecular complexity index is 816. The molecule has 7 heteroatoms. The van der Waals surface area contributed by atoms with Crippen molar-refractivity contribution in [2.75, 3.05) is 37.3 Å². The lowest BCUT2D eigenvalue weighted by Crippen LogP contribution is -2.72. The van der Waals surface area contributed by atoms with Crippen molar-refractivity contribution in [2.45, 2.75) is 0 Å². The predicted molar refractivity (Wildman–Crippen MR) is 84.4 cm³/mol. The molecular formula is C14H16ClN3O2S. The van der Waals surface area contributed by atoms with Crippen molar-refractivity contribution < 1.29 is 8.42 Å². The van der Waals surface area contributed by atoms with E-state index in [-0.39, 0.29) is 5.41 Å². The number of H-pyrrole nitrogens is 1. The summed E-state index contributed by atoms with van der Waals surface area (Å²) in [6, 6.07) is 5.96. The largest absolute Gasteiger partial charge is 0.369 e. The Morgan fingerprint density at radius 1 is 1.24 bits per heavy atom. The van der Waals surface area contributed by atoms with Crippen LogP contribution in [0.5, 0.6) is 0 Å². The van der Waals surface area contributed by atoms with E-state index in [2.05, 4.69) is 16.0 Å². The van der Waals surface area contributed by atoms with Gasteiger partial charge in [0.25, 0.3) is 0 Å². The molecule has 0 saturated carbocycles. The van der Waals surface area contributed by atoms with E-state index >= 15 is 0 Å². The van der Waals surface area contributed by atoms with Crippen LogP contribution in [0.2, 0.25) is 5.02 Å². The summed E-state index contributed by atoms with van der Waals surface area (Å²) in [7, 11) is -3.04. The van der Waals surface area contributed by atoms with E-state index in [4.69, 9.17) is 11.6 Å². The Labute approximate surface area is 128 Å². The fourth-order valence-corrected chi connectivity index (χ4v) is 4.67. The number of aromatic amines is 1. The number of nitrogens with zero attached hydrogens (tertiary/aromatic N) is 2. The number of halogens is 1. The van der Waals surface area contributed by atoms with Gasteiger partial charge < -0.3 is 9.88 Å². The molecule has 5 nitrogen and oxygen atoms in total. The Morgan fingerprint density at radius 3 is 2.62 bits per heavy atom. The topological polar surface area (TPSA) is 56.4 Å². The minimum absolute atomic E-state index is 0.133. The molecule has 0 radical (unpaired) electrons. The Hall–Kier alpha value is -1.24. The maximum Gasteiger partial charge on any atom is 0.211 e. The second kappa shape index (κ2) is 4.15. The minimum Gasteiger partial charge on any atom is -0.369 e. The number of benzene rings is 1. The summed E-state index contributed by atoms with van der Waals surface area (Å²) in [5.74, 6) is 0. The molecular weight excluding hydrogens is 310 g/mol. The molecule has 1 N–H and O–H groups in total. The molecule has 1 spiro atoms. The third-order valence-corrected chi connectivity index (χ3v) is 5.91. The van der Waals surface area contributed by atoms with Crippen LogP contribution in [0.15, 0.2) is 24.4 Å². The van der Waals surface area contributed by atoms with Crippen LogP contribution in [-0.2, 0) is 10.0 Å². The first-order chi connectivity index (χ1) is 9.86. The molecule has 112 valence electrons. The molecule has 0 amide bonds. The maximum atomic E-state index is 11.5. The average molecular weight is 326 g/mol. The molecule has 0 unspecified atom stereocenters. The number of hydrogen-bond donors (Lipinski definition) is 1. The van der Waals surface area contributed by atoms with Gasteiger partial charge >= 0.3 is 0 Å². The van der Waals surface area contributed by atoms with Gasteiger partial charge in [-0.3, -0.25) is 0 Å². The quantitative estimate of drug-likeness (QED) is 0.917. The van der Waals surface area contributed by atoms with Crippen LogP contribution in [-0.4, -0.2) is 50.1 Å². The van der Waals surface area contributed by atoms with Crippen LogP contribution in [0, 0.1) is 5.41 Å². The summed E-state index contributed by atoms with van der Waals surface area (Å²) in [4.78, 5) is 5.46. The predicted octanol–water partition coefficient (Wildman–Crippen LogP) is 1.90.